The van der Waals surface area contributed by atoms with Crippen LogP contribution >= 0.6 is 0 Å². The van der Waals surface area contributed by atoms with Gasteiger partial charge < -0.3 is 0 Å². The van der Waals surface area contributed by atoms with Gasteiger partial charge in [-0.2, -0.15) is 0 Å². The second kappa shape index (κ2) is 8.33. The van der Waals surface area contributed by atoms with Crippen LogP contribution in [0.1, 0.15) is 46.6 Å². The molecule has 0 amide bonds. The molecule has 0 heteroatoms. The summed E-state index contributed by atoms with van der Waals surface area (Å²) in [5.74, 6) is 1.35. The first-order chi connectivity index (χ1) is 11.3. The molecule has 128 valence electrons. The molecule has 0 aliphatic heterocycles. The molecule has 0 heterocycles. The van der Waals surface area contributed by atoms with Gasteiger partial charge >= 0.3 is 0 Å². The molecule has 1 unspecified atom stereocenters. The number of benzene rings is 1. The minimum absolute atomic E-state index is 0.404. The molecule has 0 saturated heterocycles. The van der Waals surface area contributed by atoms with Gasteiger partial charge in [-0.3, -0.25) is 0 Å². The maximum atomic E-state index is 2.30. The lowest BCUT2D eigenvalue weighted by Gasteiger charge is -2.17. The average Bonchev–Trinajstić information content (AvgIpc) is 2.90. The highest BCUT2D eigenvalue weighted by Gasteiger charge is 2.20. The van der Waals surface area contributed by atoms with Gasteiger partial charge in [0.25, 0.3) is 0 Å². The summed E-state index contributed by atoms with van der Waals surface area (Å²) in [6, 6.07) is 10.6. The van der Waals surface area contributed by atoms with Gasteiger partial charge in [0.1, 0.15) is 0 Å². The Morgan fingerprint density at radius 1 is 0.958 bits per heavy atom. The average molecular weight is 321 g/mol. The summed E-state index contributed by atoms with van der Waals surface area (Å²) in [5.41, 5.74) is 4.87. The van der Waals surface area contributed by atoms with Gasteiger partial charge in [0.2, 0.25) is 0 Å². The molecule has 0 saturated carbocycles. The van der Waals surface area contributed by atoms with Crippen molar-refractivity contribution in [2.24, 2.45) is 17.3 Å². The molecule has 3 rings (SSSR count). The Morgan fingerprint density at radius 2 is 1.67 bits per heavy atom. The lowest BCUT2D eigenvalue weighted by Crippen LogP contribution is -2.08. The molecule has 1 aromatic rings. The Kier molecular flexibility index (Phi) is 6.43. The van der Waals surface area contributed by atoms with Crippen molar-refractivity contribution in [1.82, 2.24) is 0 Å². The molecule has 1 atom stereocenters. The quantitative estimate of drug-likeness (QED) is 0.567. The highest BCUT2D eigenvalue weighted by Crippen LogP contribution is 2.34. The molecule has 0 aromatic heterocycles. The molecule has 0 fully saturated rings. The fourth-order valence-corrected chi connectivity index (χ4v) is 3.24. The molecule has 0 radical (unpaired) electrons. The zero-order chi connectivity index (χ0) is 17.6. The van der Waals surface area contributed by atoms with Crippen molar-refractivity contribution in [1.29, 1.82) is 0 Å². The third-order valence-corrected chi connectivity index (χ3v) is 4.17. The zero-order valence-corrected chi connectivity index (χ0v) is 15.9. The predicted octanol–water partition coefficient (Wildman–Crippen LogP) is 6.92. The molecule has 0 N–H and O–H groups in total. The van der Waals surface area contributed by atoms with Crippen LogP contribution in [0.15, 0.2) is 77.9 Å². The van der Waals surface area contributed by atoms with E-state index in [-0.39, 0.29) is 0 Å². The van der Waals surface area contributed by atoms with Gasteiger partial charge in [0.15, 0.2) is 0 Å². The van der Waals surface area contributed by atoms with E-state index in [9.17, 15) is 0 Å². The van der Waals surface area contributed by atoms with Crippen LogP contribution in [0.25, 0.3) is 0 Å². The number of hydrogen-bond acceptors (Lipinski definition) is 0. The van der Waals surface area contributed by atoms with E-state index in [2.05, 4.69) is 101 Å². The summed E-state index contributed by atoms with van der Waals surface area (Å²) in [6.07, 6.45) is 15.7. The third kappa shape index (κ3) is 6.00. The Balaban J connectivity index is 0.000000177. The molecule has 2 aliphatic carbocycles. The summed E-state index contributed by atoms with van der Waals surface area (Å²) in [4.78, 5) is 0. The van der Waals surface area contributed by atoms with Crippen LogP contribution in [0.5, 0.6) is 0 Å². The molecular formula is C24H32. The second-order valence-corrected chi connectivity index (χ2v) is 8.45. The van der Waals surface area contributed by atoms with E-state index in [0.29, 0.717) is 11.3 Å². The van der Waals surface area contributed by atoms with E-state index < -0.39 is 0 Å². The van der Waals surface area contributed by atoms with Gasteiger partial charge in [0.05, 0.1) is 0 Å². The first-order valence-corrected chi connectivity index (χ1v) is 9.14. The molecular weight excluding hydrogens is 288 g/mol. The summed E-state index contributed by atoms with van der Waals surface area (Å²) >= 11 is 0. The number of hydrogen-bond donors (Lipinski definition) is 0. The first kappa shape index (κ1) is 18.5. The number of fused-ring (bicyclic) bond motifs is 1. The minimum atomic E-state index is 0.404. The number of allylic oxidation sites excluding steroid dienone is 8. The van der Waals surface area contributed by atoms with Crippen LogP contribution in [0.2, 0.25) is 0 Å². The zero-order valence-electron chi connectivity index (χ0n) is 15.9. The van der Waals surface area contributed by atoms with Crippen LogP contribution in [-0.2, 0) is 6.42 Å². The largest absolute Gasteiger partial charge is 0.0730 e. The van der Waals surface area contributed by atoms with Crippen molar-refractivity contribution < 1.29 is 0 Å². The van der Waals surface area contributed by atoms with Crippen LogP contribution in [0, 0.1) is 17.3 Å². The highest BCUT2D eigenvalue weighted by molar-refractivity contribution is 5.47. The van der Waals surface area contributed by atoms with Crippen LogP contribution in [0.3, 0.4) is 0 Å². The Hall–Kier alpha value is -1.82. The molecule has 2 aliphatic rings. The van der Waals surface area contributed by atoms with E-state index in [1.54, 1.807) is 5.57 Å². The minimum Gasteiger partial charge on any atom is -0.0730 e. The maximum Gasteiger partial charge on any atom is 0.0234 e. The van der Waals surface area contributed by atoms with Crippen molar-refractivity contribution >= 4 is 0 Å². The fraction of sp³-hybridized carbons (Fsp3) is 0.417. The van der Waals surface area contributed by atoms with Gasteiger partial charge in [-0.1, -0.05) is 107 Å². The van der Waals surface area contributed by atoms with Gasteiger partial charge in [-0.25, -0.2) is 0 Å². The van der Waals surface area contributed by atoms with Gasteiger partial charge in [-0.05, 0) is 35.3 Å². The Bertz CT molecular complexity index is 630. The first-order valence-electron chi connectivity index (χ1n) is 9.14. The normalized spacial score (nSPS) is 18.7. The van der Waals surface area contributed by atoms with E-state index in [0.717, 1.165) is 12.3 Å². The van der Waals surface area contributed by atoms with Crippen molar-refractivity contribution in [2.75, 3.05) is 0 Å². The van der Waals surface area contributed by atoms with Crippen molar-refractivity contribution in [3.8, 4) is 0 Å². The lowest BCUT2D eigenvalue weighted by atomic mass is 9.88. The SMILES string of the molecule is CC(C)(C)Cc1ccccc1.CC(C)CC1=CC=C2C=CC=CC21. The fourth-order valence-electron chi connectivity index (χ4n) is 3.24. The van der Waals surface area contributed by atoms with E-state index >= 15 is 0 Å². The molecule has 24 heavy (non-hydrogen) atoms. The van der Waals surface area contributed by atoms with Crippen molar-refractivity contribution in [2.45, 2.75) is 47.5 Å². The molecule has 0 nitrogen and oxygen atoms in total. The topological polar surface area (TPSA) is 0 Å². The molecule has 0 spiro atoms. The summed E-state index contributed by atoms with van der Waals surface area (Å²) in [7, 11) is 0. The highest BCUT2D eigenvalue weighted by atomic mass is 14.2. The lowest BCUT2D eigenvalue weighted by molar-refractivity contribution is 0.411. The van der Waals surface area contributed by atoms with Gasteiger partial charge in [-0.15, -0.1) is 0 Å². The standard InChI is InChI=1S/C13H16.C11H16/c1-10(2)9-12-8-7-11-5-3-4-6-13(11)12;1-11(2,3)9-10-7-5-4-6-8-10/h3-8,10,13H,9H2,1-2H3;4-8H,9H2,1-3H3. The smallest absolute Gasteiger partial charge is 0.0234 e. The van der Waals surface area contributed by atoms with Gasteiger partial charge in [0, 0.05) is 5.92 Å². The predicted molar refractivity (Wildman–Crippen MR) is 107 cm³/mol. The summed E-state index contributed by atoms with van der Waals surface area (Å²) < 4.78 is 0. The Labute approximate surface area is 148 Å². The van der Waals surface area contributed by atoms with E-state index in [1.807, 2.05) is 0 Å². The van der Waals surface area contributed by atoms with Crippen molar-refractivity contribution in [3.05, 3.63) is 83.5 Å². The monoisotopic (exact) mass is 320 g/mol. The molecule has 0 bridgehead atoms. The summed E-state index contributed by atoms with van der Waals surface area (Å²) in [6.45, 7) is 11.3. The van der Waals surface area contributed by atoms with E-state index in [1.165, 1.54) is 17.6 Å². The van der Waals surface area contributed by atoms with Crippen molar-refractivity contribution in [3.63, 3.8) is 0 Å². The van der Waals surface area contributed by atoms with Crippen LogP contribution < -0.4 is 0 Å². The number of rotatable bonds is 3. The second-order valence-electron chi connectivity index (χ2n) is 8.45. The summed E-state index contributed by atoms with van der Waals surface area (Å²) in [5, 5.41) is 0. The van der Waals surface area contributed by atoms with Crippen LogP contribution in [0.4, 0.5) is 0 Å². The Morgan fingerprint density at radius 3 is 2.29 bits per heavy atom. The maximum absolute atomic E-state index is 2.30. The van der Waals surface area contributed by atoms with E-state index in [4.69, 9.17) is 0 Å². The van der Waals surface area contributed by atoms with Crippen LogP contribution in [-0.4, -0.2) is 0 Å². The molecule has 1 aromatic carbocycles. The third-order valence-electron chi connectivity index (χ3n) is 4.17.